The summed E-state index contributed by atoms with van der Waals surface area (Å²) in [5.74, 6) is 1.28. The van der Waals surface area contributed by atoms with Crippen molar-refractivity contribution in [3.8, 4) is 11.5 Å². The number of hydrogen-bond acceptors (Lipinski definition) is 5. The second kappa shape index (κ2) is 9.58. The number of nitrogens with one attached hydrogen (secondary N) is 1. The predicted octanol–water partition coefficient (Wildman–Crippen LogP) is 6.36. The summed E-state index contributed by atoms with van der Waals surface area (Å²) >= 11 is 7.25. The van der Waals surface area contributed by atoms with E-state index in [0.29, 0.717) is 39.0 Å². The number of ether oxygens (including phenoxy) is 1. The normalized spacial score (nSPS) is 11.5. The van der Waals surface area contributed by atoms with E-state index in [4.69, 9.17) is 16.3 Å². The van der Waals surface area contributed by atoms with E-state index in [1.54, 1.807) is 41.0 Å². The predicted molar refractivity (Wildman–Crippen MR) is 140 cm³/mol. The van der Waals surface area contributed by atoms with Gasteiger partial charge in [0.15, 0.2) is 0 Å². The molecule has 9 heteroatoms. The molecule has 0 aliphatic carbocycles. The monoisotopic (exact) mass is 522 g/mol. The second-order valence-electron chi connectivity index (χ2n) is 7.72. The molecule has 0 radical (unpaired) electrons. The highest BCUT2D eigenvalue weighted by atomic mass is 35.5. The Kier molecular flexibility index (Phi) is 6.34. The molecule has 0 saturated carbocycles. The number of sulfonamides is 1. The summed E-state index contributed by atoms with van der Waals surface area (Å²) in [6.07, 6.45) is 0. The molecule has 4 aromatic carbocycles. The number of hydrogen-bond donors (Lipinski definition) is 1. The number of nitrogens with zero attached hydrogens (tertiary/aromatic N) is 1. The molecule has 0 unspecified atom stereocenters. The summed E-state index contributed by atoms with van der Waals surface area (Å²) in [5, 5.41) is 0.572. The smallest absolute Gasteiger partial charge is 0.308 e. The van der Waals surface area contributed by atoms with Gasteiger partial charge in [-0.25, -0.2) is 8.42 Å². The van der Waals surface area contributed by atoms with Gasteiger partial charge in [-0.2, -0.15) is 0 Å². The lowest BCUT2D eigenvalue weighted by atomic mass is 10.2. The van der Waals surface area contributed by atoms with Gasteiger partial charge < -0.3 is 4.74 Å². The number of benzene rings is 4. The third kappa shape index (κ3) is 5.09. The molecule has 0 amide bonds. The topological polar surface area (TPSA) is 77.4 Å². The Morgan fingerprint density at radius 3 is 2.29 bits per heavy atom. The zero-order valence-electron chi connectivity index (χ0n) is 18.2. The lowest BCUT2D eigenvalue weighted by Gasteiger charge is -2.10. The SMILES string of the molecule is O=c1sc2cc(S(=O)(=O)Nc3ccc(Oc4ccccc4)cc3)ccc2n1Cc1ccccc1Cl. The van der Waals surface area contributed by atoms with Crippen molar-refractivity contribution in [2.24, 2.45) is 0 Å². The molecule has 0 aliphatic rings. The first-order chi connectivity index (χ1) is 16.9. The van der Waals surface area contributed by atoms with Gasteiger partial charge in [-0.1, -0.05) is 59.3 Å². The van der Waals surface area contributed by atoms with E-state index in [9.17, 15) is 13.2 Å². The van der Waals surface area contributed by atoms with Gasteiger partial charge in [-0.15, -0.1) is 0 Å². The van der Waals surface area contributed by atoms with Gasteiger partial charge in [-0.05, 0) is 66.2 Å². The highest BCUT2D eigenvalue weighted by Crippen LogP contribution is 2.27. The van der Waals surface area contributed by atoms with Gasteiger partial charge in [0.2, 0.25) is 0 Å². The minimum atomic E-state index is -3.86. The Balaban J connectivity index is 1.37. The Bertz CT molecular complexity index is 1660. The zero-order valence-corrected chi connectivity index (χ0v) is 20.6. The Morgan fingerprint density at radius 2 is 1.54 bits per heavy atom. The molecule has 6 nitrogen and oxygen atoms in total. The maximum absolute atomic E-state index is 13.0. The largest absolute Gasteiger partial charge is 0.457 e. The average Bonchev–Trinajstić information content (AvgIpc) is 3.16. The van der Waals surface area contributed by atoms with Crippen molar-refractivity contribution in [2.45, 2.75) is 11.4 Å². The molecule has 5 aromatic rings. The first-order valence-corrected chi connectivity index (χ1v) is 13.3. The van der Waals surface area contributed by atoms with Gasteiger partial charge in [0.1, 0.15) is 11.5 Å². The van der Waals surface area contributed by atoms with Crippen LogP contribution in [-0.2, 0) is 16.6 Å². The summed E-state index contributed by atoms with van der Waals surface area (Å²) in [6.45, 7) is 0.306. The molecule has 1 aromatic heterocycles. The van der Waals surface area contributed by atoms with E-state index in [1.807, 2.05) is 48.5 Å². The van der Waals surface area contributed by atoms with Crippen LogP contribution in [0.4, 0.5) is 5.69 Å². The van der Waals surface area contributed by atoms with Gasteiger partial charge in [0.25, 0.3) is 10.0 Å². The van der Waals surface area contributed by atoms with Gasteiger partial charge >= 0.3 is 4.87 Å². The van der Waals surface area contributed by atoms with E-state index in [2.05, 4.69) is 4.72 Å². The molecular formula is C26H19ClN2O4S2. The van der Waals surface area contributed by atoms with Crippen molar-refractivity contribution in [1.29, 1.82) is 0 Å². The fourth-order valence-corrected chi connectivity index (χ4v) is 5.87. The molecule has 0 saturated heterocycles. The molecule has 1 N–H and O–H groups in total. The third-order valence-electron chi connectivity index (χ3n) is 5.32. The summed E-state index contributed by atoms with van der Waals surface area (Å²) < 4.78 is 36.5. The van der Waals surface area contributed by atoms with E-state index in [-0.39, 0.29) is 9.77 Å². The van der Waals surface area contributed by atoms with E-state index in [0.717, 1.165) is 16.9 Å². The minimum absolute atomic E-state index is 0.0701. The maximum atomic E-state index is 13.0. The molecule has 0 fully saturated rings. The average molecular weight is 523 g/mol. The van der Waals surface area contributed by atoms with Crippen LogP contribution >= 0.6 is 22.9 Å². The van der Waals surface area contributed by atoms with Crippen LogP contribution in [0, 0.1) is 0 Å². The lowest BCUT2D eigenvalue weighted by molar-refractivity contribution is 0.483. The standard InChI is InChI=1S/C26H19ClN2O4S2/c27-23-9-5-4-6-18(23)17-29-24-15-14-22(16-25(24)34-26(29)30)35(31,32)28-19-10-12-21(13-11-19)33-20-7-2-1-3-8-20/h1-16,28H,17H2. The molecule has 1 heterocycles. The number of anilines is 1. The number of halogens is 1. The van der Waals surface area contributed by atoms with E-state index < -0.39 is 10.0 Å². The highest BCUT2D eigenvalue weighted by Gasteiger charge is 2.18. The summed E-state index contributed by atoms with van der Waals surface area (Å²) in [6, 6.07) is 27.9. The third-order valence-corrected chi connectivity index (χ3v) is 8.01. The molecule has 0 atom stereocenters. The highest BCUT2D eigenvalue weighted by molar-refractivity contribution is 7.92. The summed E-state index contributed by atoms with van der Waals surface area (Å²) in [4.78, 5) is 12.5. The van der Waals surface area contributed by atoms with E-state index >= 15 is 0 Å². The number of fused-ring (bicyclic) bond motifs is 1. The van der Waals surface area contributed by atoms with Gasteiger partial charge in [0.05, 0.1) is 21.7 Å². The van der Waals surface area contributed by atoms with E-state index in [1.165, 1.54) is 12.1 Å². The van der Waals surface area contributed by atoms with Crippen LogP contribution in [0.25, 0.3) is 10.2 Å². The molecular weight excluding hydrogens is 504 g/mol. The van der Waals surface area contributed by atoms with Crippen molar-refractivity contribution in [2.75, 3.05) is 4.72 Å². The number of para-hydroxylation sites is 1. The van der Waals surface area contributed by atoms with Crippen LogP contribution < -0.4 is 14.3 Å². The second-order valence-corrected chi connectivity index (χ2v) is 10.8. The molecule has 0 aliphatic heterocycles. The van der Waals surface area contributed by atoms with Crippen LogP contribution in [0.2, 0.25) is 5.02 Å². The minimum Gasteiger partial charge on any atom is -0.457 e. The summed E-state index contributed by atoms with van der Waals surface area (Å²) in [5.41, 5.74) is 1.87. The quantitative estimate of drug-likeness (QED) is 0.270. The Hall–Kier alpha value is -3.59. The first kappa shape index (κ1) is 23.2. The van der Waals surface area contributed by atoms with Gasteiger partial charge in [-0.3, -0.25) is 14.1 Å². The van der Waals surface area contributed by atoms with Crippen molar-refractivity contribution >= 4 is 48.9 Å². The molecule has 5 rings (SSSR count). The van der Waals surface area contributed by atoms with Crippen LogP contribution in [-0.4, -0.2) is 13.0 Å². The molecule has 176 valence electrons. The molecule has 0 spiro atoms. The fraction of sp³-hybridized carbons (Fsp3) is 0.0385. The Labute approximate surface area is 211 Å². The van der Waals surface area contributed by atoms with Gasteiger partial charge in [0, 0.05) is 10.7 Å². The number of thiazole rings is 1. The van der Waals surface area contributed by atoms with Crippen molar-refractivity contribution < 1.29 is 13.2 Å². The van der Waals surface area contributed by atoms with Crippen LogP contribution in [0.1, 0.15) is 5.56 Å². The van der Waals surface area contributed by atoms with Crippen molar-refractivity contribution in [3.05, 3.63) is 117 Å². The number of rotatable bonds is 7. The van der Waals surface area contributed by atoms with Crippen molar-refractivity contribution in [3.63, 3.8) is 0 Å². The van der Waals surface area contributed by atoms with Crippen LogP contribution in [0.3, 0.4) is 0 Å². The van der Waals surface area contributed by atoms with Crippen LogP contribution in [0.15, 0.2) is 107 Å². The molecule has 0 bridgehead atoms. The fourth-order valence-electron chi connectivity index (χ4n) is 3.59. The number of aromatic nitrogens is 1. The first-order valence-electron chi connectivity index (χ1n) is 10.6. The maximum Gasteiger partial charge on any atom is 0.308 e. The Morgan fingerprint density at radius 1 is 0.857 bits per heavy atom. The van der Waals surface area contributed by atoms with Crippen LogP contribution in [0.5, 0.6) is 11.5 Å². The lowest BCUT2D eigenvalue weighted by Crippen LogP contribution is -2.14. The molecule has 35 heavy (non-hydrogen) atoms. The van der Waals surface area contributed by atoms with Crippen molar-refractivity contribution in [1.82, 2.24) is 4.57 Å². The summed E-state index contributed by atoms with van der Waals surface area (Å²) in [7, 11) is -3.86. The zero-order chi connectivity index (χ0) is 24.4.